The maximum atomic E-state index is 12.6. The molecule has 1 aliphatic heterocycles. The summed E-state index contributed by atoms with van der Waals surface area (Å²) in [4.78, 5) is 25.1. The van der Waals surface area contributed by atoms with Gasteiger partial charge in [-0.2, -0.15) is 0 Å². The summed E-state index contributed by atoms with van der Waals surface area (Å²) in [5, 5.41) is 14.2. The van der Waals surface area contributed by atoms with Crippen LogP contribution in [0.15, 0.2) is 18.2 Å². The average molecular weight is 337 g/mol. The minimum Gasteiger partial charge on any atom is -0.383 e. The zero-order valence-electron chi connectivity index (χ0n) is 14.2. The largest absolute Gasteiger partial charge is 0.383 e. The van der Waals surface area contributed by atoms with Crippen LogP contribution in [0.2, 0.25) is 0 Å². The quantitative estimate of drug-likeness (QED) is 0.484. The zero-order valence-corrected chi connectivity index (χ0v) is 14.2. The highest BCUT2D eigenvalue weighted by atomic mass is 16.6. The number of rotatable bonds is 6. The van der Waals surface area contributed by atoms with E-state index < -0.39 is 4.92 Å². The summed E-state index contributed by atoms with van der Waals surface area (Å²) in [6.07, 6.45) is -0.106. The van der Waals surface area contributed by atoms with E-state index in [1.165, 1.54) is 6.07 Å². The van der Waals surface area contributed by atoms with Crippen LogP contribution in [-0.2, 0) is 9.47 Å². The number of nitro benzene ring substituents is 1. The van der Waals surface area contributed by atoms with Gasteiger partial charge >= 0.3 is 0 Å². The standard InChI is InChI=1S/C16H23N3O5/c1-11-9-18(10-12(2)24-11)16(20)13-4-5-14(17-6-7-23-3)15(8-13)19(21)22/h4-5,8,11-12,17H,6-7,9-10H2,1-3H3. The molecule has 1 fully saturated rings. The van der Waals surface area contributed by atoms with E-state index in [0.717, 1.165) is 0 Å². The van der Waals surface area contributed by atoms with Crippen molar-refractivity contribution >= 4 is 17.3 Å². The Morgan fingerprint density at radius 1 is 1.42 bits per heavy atom. The Balaban J connectivity index is 2.19. The molecule has 132 valence electrons. The minimum atomic E-state index is -0.490. The van der Waals surface area contributed by atoms with Gasteiger partial charge in [0, 0.05) is 38.4 Å². The Morgan fingerprint density at radius 2 is 2.08 bits per heavy atom. The highest BCUT2D eigenvalue weighted by Crippen LogP contribution is 2.26. The van der Waals surface area contributed by atoms with Gasteiger partial charge in [0.25, 0.3) is 11.6 Å². The second kappa shape index (κ2) is 8.07. The first-order chi connectivity index (χ1) is 11.4. The van der Waals surface area contributed by atoms with Crippen LogP contribution in [0.25, 0.3) is 0 Å². The number of carbonyl (C=O) groups is 1. The molecule has 1 aromatic carbocycles. The molecule has 0 aliphatic carbocycles. The molecule has 0 spiro atoms. The molecule has 1 N–H and O–H groups in total. The fraction of sp³-hybridized carbons (Fsp3) is 0.562. The lowest BCUT2D eigenvalue weighted by molar-refractivity contribution is -0.384. The van der Waals surface area contributed by atoms with Crippen LogP contribution < -0.4 is 5.32 Å². The molecule has 1 aromatic rings. The van der Waals surface area contributed by atoms with Gasteiger partial charge in [0.05, 0.1) is 23.7 Å². The van der Waals surface area contributed by atoms with Crippen molar-refractivity contribution in [3.63, 3.8) is 0 Å². The Kier molecular flexibility index (Phi) is 6.10. The number of hydrogen-bond donors (Lipinski definition) is 1. The minimum absolute atomic E-state index is 0.0531. The maximum Gasteiger partial charge on any atom is 0.293 e. The van der Waals surface area contributed by atoms with E-state index in [-0.39, 0.29) is 23.8 Å². The third-order valence-electron chi connectivity index (χ3n) is 3.77. The van der Waals surface area contributed by atoms with Crippen LogP contribution in [0, 0.1) is 10.1 Å². The molecule has 0 bridgehead atoms. The number of amides is 1. The van der Waals surface area contributed by atoms with Crippen LogP contribution in [-0.4, -0.2) is 61.3 Å². The van der Waals surface area contributed by atoms with Crippen LogP contribution >= 0.6 is 0 Å². The number of nitro groups is 1. The molecule has 8 nitrogen and oxygen atoms in total. The fourth-order valence-corrected chi connectivity index (χ4v) is 2.78. The van der Waals surface area contributed by atoms with Crippen molar-refractivity contribution in [3.05, 3.63) is 33.9 Å². The molecule has 0 radical (unpaired) electrons. The lowest BCUT2D eigenvalue weighted by Gasteiger charge is -2.35. The number of carbonyl (C=O) groups excluding carboxylic acids is 1. The maximum absolute atomic E-state index is 12.6. The van der Waals surface area contributed by atoms with Crippen molar-refractivity contribution in [1.82, 2.24) is 4.90 Å². The lowest BCUT2D eigenvalue weighted by Crippen LogP contribution is -2.48. The van der Waals surface area contributed by atoms with E-state index >= 15 is 0 Å². The summed E-state index contributed by atoms with van der Waals surface area (Å²) in [7, 11) is 1.56. The van der Waals surface area contributed by atoms with Gasteiger partial charge in [0.15, 0.2) is 0 Å². The van der Waals surface area contributed by atoms with Crippen LogP contribution in [0.1, 0.15) is 24.2 Å². The molecule has 2 atom stereocenters. The van der Waals surface area contributed by atoms with Crippen LogP contribution in [0.4, 0.5) is 11.4 Å². The summed E-state index contributed by atoms with van der Waals surface area (Å²) >= 11 is 0. The van der Waals surface area contributed by atoms with Crippen molar-refractivity contribution in [2.75, 3.05) is 38.7 Å². The molecule has 8 heteroatoms. The van der Waals surface area contributed by atoms with Gasteiger partial charge in [-0.3, -0.25) is 14.9 Å². The third kappa shape index (κ3) is 4.42. The van der Waals surface area contributed by atoms with Gasteiger partial charge < -0.3 is 19.7 Å². The van der Waals surface area contributed by atoms with E-state index in [4.69, 9.17) is 9.47 Å². The number of nitrogens with zero attached hydrogens (tertiary/aromatic N) is 2. The number of benzene rings is 1. The topological polar surface area (TPSA) is 93.9 Å². The van der Waals surface area contributed by atoms with Gasteiger partial charge in [-0.1, -0.05) is 0 Å². The predicted octanol–water partition coefficient (Wildman–Crippen LogP) is 1.90. The molecule has 0 saturated carbocycles. The third-order valence-corrected chi connectivity index (χ3v) is 3.77. The zero-order chi connectivity index (χ0) is 17.7. The van der Waals surface area contributed by atoms with Gasteiger partial charge in [-0.25, -0.2) is 0 Å². The predicted molar refractivity (Wildman–Crippen MR) is 89.4 cm³/mol. The van der Waals surface area contributed by atoms with Gasteiger partial charge in [0.2, 0.25) is 0 Å². The first-order valence-corrected chi connectivity index (χ1v) is 7.88. The molecule has 1 heterocycles. The molecule has 24 heavy (non-hydrogen) atoms. The van der Waals surface area contributed by atoms with Crippen molar-refractivity contribution in [2.45, 2.75) is 26.1 Å². The molecule has 1 amide bonds. The van der Waals surface area contributed by atoms with Crippen molar-refractivity contribution in [2.24, 2.45) is 0 Å². The van der Waals surface area contributed by atoms with Gasteiger partial charge in [-0.05, 0) is 26.0 Å². The first kappa shape index (κ1) is 18.2. The summed E-state index contributed by atoms with van der Waals surface area (Å²) in [5.41, 5.74) is 0.559. The number of morpholine rings is 1. The average Bonchev–Trinajstić information content (AvgIpc) is 2.53. The van der Waals surface area contributed by atoms with Crippen molar-refractivity contribution < 1.29 is 19.2 Å². The number of ether oxygens (including phenoxy) is 2. The Labute approximate surface area is 140 Å². The van der Waals surface area contributed by atoms with Gasteiger partial charge in [-0.15, -0.1) is 0 Å². The summed E-state index contributed by atoms with van der Waals surface area (Å²) in [6.45, 7) is 5.64. The summed E-state index contributed by atoms with van der Waals surface area (Å²) in [6, 6.07) is 4.49. The second-order valence-corrected chi connectivity index (χ2v) is 5.88. The SMILES string of the molecule is COCCNc1ccc(C(=O)N2CC(C)OC(C)C2)cc1[N+](=O)[O-]. The number of nitrogens with one attached hydrogen (secondary N) is 1. The molecule has 2 unspecified atom stereocenters. The van der Waals surface area contributed by atoms with Crippen molar-refractivity contribution in [1.29, 1.82) is 0 Å². The number of hydrogen-bond acceptors (Lipinski definition) is 6. The normalized spacial score (nSPS) is 20.7. The van der Waals surface area contributed by atoms with Crippen LogP contribution in [0.5, 0.6) is 0 Å². The van der Waals surface area contributed by atoms with E-state index in [1.807, 2.05) is 13.8 Å². The number of anilines is 1. The Hall–Kier alpha value is -2.19. The molecule has 1 aliphatic rings. The van der Waals surface area contributed by atoms with Crippen molar-refractivity contribution in [3.8, 4) is 0 Å². The molecular weight excluding hydrogens is 314 g/mol. The van der Waals surface area contributed by atoms with E-state index in [0.29, 0.717) is 37.5 Å². The first-order valence-electron chi connectivity index (χ1n) is 7.88. The highest BCUT2D eigenvalue weighted by Gasteiger charge is 2.28. The monoisotopic (exact) mass is 337 g/mol. The molecular formula is C16H23N3O5. The van der Waals surface area contributed by atoms with E-state index in [9.17, 15) is 14.9 Å². The molecule has 0 aromatic heterocycles. The molecule has 2 rings (SSSR count). The highest BCUT2D eigenvalue weighted by molar-refractivity contribution is 5.95. The molecule has 1 saturated heterocycles. The van der Waals surface area contributed by atoms with Gasteiger partial charge in [0.1, 0.15) is 5.69 Å². The Bertz CT molecular complexity index is 597. The smallest absolute Gasteiger partial charge is 0.293 e. The summed E-state index contributed by atoms with van der Waals surface area (Å²) < 4.78 is 10.5. The summed E-state index contributed by atoms with van der Waals surface area (Å²) in [5.74, 6) is -0.219. The van der Waals surface area contributed by atoms with E-state index in [2.05, 4.69) is 5.32 Å². The lowest BCUT2D eigenvalue weighted by atomic mass is 10.1. The number of methoxy groups -OCH3 is 1. The van der Waals surface area contributed by atoms with E-state index in [1.54, 1.807) is 24.1 Å². The van der Waals surface area contributed by atoms with Crippen LogP contribution in [0.3, 0.4) is 0 Å². The second-order valence-electron chi connectivity index (χ2n) is 5.88. The Morgan fingerprint density at radius 3 is 2.67 bits per heavy atom. The fourth-order valence-electron chi connectivity index (χ4n) is 2.78.